The quantitative estimate of drug-likeness (QED) is 0.855. The fourth-order valence-electron chi connectivity index (χ4n) is 3.35. The van der Waals surface area contributed by atoms with E-state index in [0.717, 1.165) is 17.4 Å². The van der Waals surface area contributed by atoms with Gasteiger partial charge in [-0.3, -0.25) is 0 Å². The van der Waals surface area contributed by atoms with Crippen LogP contribution in [-0.4, -0.2) is 7.05 Å². The lowest BCUT2D eigenvalue weighted by Crippen LogP contribution is -2.27. The van der Waals surface area contributed by atoms with Crippen molar-refractivity contribution < 1.29 is 4.42 Å². The number of furan rings is 1. The molecule has 1 aliphatic carbocycles. The summed E-state index contributed by atoms with van der Waals surface area (Å²) in [5.74, 6) is 2.96. The third kappa shape index (κ3) is 2.42. The van der Waals surface area contributed by atoms with Gasteiger partial charge in [0.05, 0.1) is 0 Å². The molecule has 1 aliphatic rings. The molecule has 1 atom stereocenters. The molecule has 0 radical (unpaired) electrons. The van der Waals surface area contributed by atoms with E-state index in [9.17, 15) is 0 Å². The number of hydrogen-bond donors (Lipinski definition) is 1. The van der Waals surface area contributed by atoms with Gasteiger partial charge >= 0.3 is 0 Å². The number of rotatable bonds is 3. The first-order chi connectivity index (χ1) is 8.15. The summed E-state index contributed by atoms with van der Waals surface area (Å²) in [6, 6.07) is 0.479. The van der Waals surface area contributed by atoms with Crippen LogP contribution in [0.1, 0.15) is 60.8 Å². The molecule has 0 bridgehead atoms. The summed E-state index contributed by atoms with van der Waals surface area (Å²) in [5, 5.41) is 3.52. The minimum Gasteiger partial charge on any atom is -0.466 e. The van der Waals surface area contributed by atoms with Gasteiger partial charge in [0.25, 0.3) is 0 Å². The van der Waals surface area contributed by atoms with E-state index in [2.05, 4.69) is 33.1 Å². The van der Waals surface area contributed by atoms with Gasteiger partial charge in [0.15, 0.2) is 0 Å². The molecule has 1 heterocycles. The van der Waals surface area contributed by atoms with E-state index in [1.165, 1.54) is 43.2 Å². The SMILES string of the molecule is CNC(c1c(C)oc(C)c1C)C1CCCCC1. The third-order valence-electron chi connectivity index (χ3n) is 4.36. The van der Waals surface area contributed by atoms with Gasteiger partial charge < -0.3 is 9.73 Å². The molecule has 1 aromatic rings. The molecule has 0 aromatic carbocycles. The van der Waals surface area contributed by atoms with E-state index < -0.39 is 0 Å². The Balaban J connectivity index is 2.27. The molecule has 2 nitrogen and oxygen atoms in total. The van der Waals surface area contributed by atoms with Gasteiger partial charge in [-0.15, -0.1) is 0 Å². The van der Waals surface area contributed by atoms with E-state index >= 15 is 0 Å². The summed E-state index contributed by atoms with van der Waals surface area (Å²) in [4.78, 5) is 0. The molecule has 0 saturated heterocycles. The molecule has 0 amide bonds. The van der Waals surface area contributed by atoms with E-state index in [1.54, 1.807) is 0 Å². The van der Waals surface area contributed by atoms with E-state index in [-0.39, 0.29) is 0 Å². The van der Waals surface area contributed by atoms with Crippen molar-refractivity contribution in [1.82, 2.24) is 5.32 Å². The van der Waals surface area contributed by atoms with Crippen LogP contribution in [0.25, 0.3) is 0 Å². The normalized spacial score (nSPS) is 19.5. The Kier molecular flexibility index (Phi) is 3.93. The van der Waals surface area contributed by atoms with Crippen LogP contribution in [0, 0.1) is 26.7 Å². The molecule has 2 rings (SSSR count). The highest BCUT2D eigenvalue weighted by Gasteiger charge is 2.28. The summed E-state index contributed by atoms with van der Waals surface area (Å²) in [6.45, 7) is 6.36. The number of nitrogens with one attached hydrogen (secondary N) is 1. The molecule has 1 saturated carbocycles. The zero-order valence-electron chi connectivity index (χ0n) is 11.6. The molecule has 1 unspecified atom stereocenters. The smallest absolute Gasteiger partial charge is 0.106 e. The number of hydrogen-bond acceptors (Lipinski definition) is 2. The number of aryl methyl sites for hydroxylation is 2. The van der Waals surface area contributed by atoms with Crippen molar-refractivity contribution in [3.05, 3.63) is 22.6 Å². The van der Waals surface area contributed by atoms with Gasteiger partial charge in [0.2, 0.25) is 0 Å². The molecular formula is C15H25NO. The van der Waals surface area contributed by atoms with Crippen LogP contribution in [0.2, 0.25) is 0 Å². The maximum absolute atomic E-state index is 5.78. The lowest BCUT2D eigenvalue weighted by Gasteiger charge is -2.30. The largest absolute Gasteiger partial charge is 0.466 e. The molecule has 0 aliphatic heterocycles. The maximum Gasteiger partial charge on any atom is 0.106 e. The second-order valence-electron chi connectivity index (χ2n) is 5.42. The highest BCUT2D eigenvalue weighted by Crippen LogP contribution is 2.38. The van der Waals surface area contributed by atoms with Crippen molar-refractivity contribution in [2.45, 2.75) is 58.9 Å². The molecule has 17 heavy (non-hydrogen) atoms. The maximum atomic E-state index is 5.78. The summed E-state index contributed by atoms with van der Waals surface area (Å²) in [7, 11) is 2.08. The zero-order chi connectivity index (χ0) is 12.4. The predicted octanol–water partition coefficient (Wildman–Crippen LogP) is 4.05. The van der Waals surface area contributed by atoms with Crippen molar-refractivity contribution in [1.29, 1.82) is 0 Å². The molecule has 1 fully saturated rings. The molecule has 96 valence electrons. The topological polar surface area (TPSA) is 25.2 Å². The fraction of sp³-hybridized carbons (Fsp3) is 0.733. The monoisotopic (exact) mass is 235 g/mol. The first kappa shape index (κ1) is 12.7. The molecular weight excluding hydrogens is 210 g/mol. The van der Waals surface area contributed by atoms with Crippen molar-refractivity contribution in [3.63, 3.8) is 0 Å². The van der Waals surface area contributed by atoms with E-state index in [4.69, 9.17) is 4.42 Å². The van der Waals surface area contributed by atoms with Crippen molar-refractivity contribution >= 4 is 0 Å². The highest BCUT2D eigenvalue weighted by molar-refractivity contribution is 5.34. The Morgan fingerprint density at radius 3 is 2.18 bits per heavy atom. The predicted molar refractivity (Wildman–Crippen MR) is 71.3 cm³/mol. The molecule has 2 heteroatoms. The Bertz CT molecular complexity index is 375. The Hall–Kier alpha value is -0.760. The van der Waals surface area contributed by atoms with Crippen LogP contribution < -0.4 is 5.32 Å². The standard InChI is InChI=1S/C15H25NO/c1-10-11(2)17-12(3)14(10)15(16-4)13-8-6-5-7-9-13/h13,15-16H,5-9H2,1-4H3. The lowest BCUT2D eigenvalue weighted by atomic mass is 9.80. The van der Waals surface area contributed by atoms with E-state index in [1.807, 2.05) is 0 Å². The second kappa shape index (κ2) is 5.26. The Morgan fingerprint density at radius 1 is 1.06 bits per heavy atom. The van der Waals surface area contributed by atoms with Gasteiger partial charge in [-0.25, -0.2) is 0 Å². The van der Waals surface area contributed by atoms with Gasteiger partial charge in [-0.2, -0.15) is 0 Å². The third-order valence-corrected chi connectivity index (χ3v) is 4.36. The lowest BCUT2D eigenvalue weighted by molar-refractivity contribution is 0.279. The molecule has 1 N–H and O–H groups in total. The summed E-state index contributed by atoms with van der Waals surface area (Å²) < 4.78 is 5.78. The second-order valence-corrected chi connectivity index (χ2v) is 5.42. The summed E-state index contributed by atoms with van der Waals surface area (Å²) >= 11 is 0. The van der Waals surface area contributed by atoms with Gasteiger partial charge in [0.1, 0.15) is 11.5 Å². The van der Waals surface area contributed by atoms with Crippen LogP contribution >= 0.6 is 0 Å². The Morgan fingerprint density at radius 2 is 1.71 bits per heavy atom. The van der Waals surface area contributed by atoms with Gasteiger partial charge in [-0.05, 0) is 52.1 Å². The minimum atomic E-state index is 0.479. The summed E-state index contributed by atoms with van der Waals surface area (Å²) in [6.07, 6.45) is 6.90. The van der Waals surface area contributed by atoms with Crippen LogP contribution in [-0.2, 0) is 0 Å². The van der Waals surface area contributed by atoms with Crippen molar-refractivity contribution in [2.75, 3.05) is 7.05 Å². The Labute approximate surface area is 105 Å². The van der Waals surface area contributed by atoms with Crippen LogP contribution in [0.3, 0.4) is 0 Å². The highest BCUT2D eigenvalue weighted by atomic mass is 16.3. The first-order valence-electron chi connectivity index (χ1n) is 6.89. The molecule has 1 aromatic heterocycles. The minimum absolute atomic E-state index is 0.479. The van der Waals surface area contributed by atoms with Crippen LogP contribution in [0.5, 0.6) is 0 Å². The average molecular weight is 235 g/mol. The van der Waals surface area contributed by atoms with Crippen molar-refractivity contribution in [3.8, 4) is 0 Å². The average Bonchev–Trinajstić information content (AvgIpc) is 2.58. The van der Waals surface area contributed by atoms with Crippen LogP contribution in [0.4, 0.5) is 0 Å². The fourth-order valence-corrected chi connectivity index (χ4v) is 3.35. The van der Waals surface area contributed by atoms with E-state index in [0.29, 0.717) is 6.04 Å². The van der Waals surface area contributed by atoms with Crippen LogP contribution in [0.15, 0.2) is 4.42 Å². The van der Waals surface area contributed by atoms with Crippen molar-refractivity contribution in [2.24, 2.45) is 5.92 Å². The zero-order valence-corrected chi connectivity index (χ0v) is 11.6. The van der Waals surface area contributed by atoms with Gasteiger partial charge in [-0.1, -0.05) is 19.3 Å². The summed E-state index contributed by atoms with van der Waals surface area (Å²) in [5.41, 5.74) is 2.75. The molecule has 0 spiro atoms. The van der Waals surface area contributed by atoms with Gasteiger partial charge in [0, 0.05) is 11.6 Å². The first-order valence-corrected chi connectivity index (χ1v) is 6.89.